The van der Waals surface area contributed by atoms with Gasteiger partial charge in [-0.25, -0.2) is 12.8 Å². The summed E-state index contributed by atoms with van der Waals surface area (Å²) in [4.78, 5) is 15.0. The van der Waals surface area contributed by atoms with Gasteiger partial charge in [-0.1, -0.05) is 6.42 Å². The maximum absolute atomic E-state index is 13.1. The van der Waals surface area contributed by atoms with Crippen molar-refractivity contribution in [2.24, 2.45) is 0 Å². The monoisotopic (exact) mass is 484 g/mol. The number of benzene rings is 2. The molecule has 2 aliphatic heterocycles. The molecule has 0 N–H and O–H groups in total. The summed E-state index contributed by atoms with van der Waals surface area (Å²) in [7, 11) is -3.53. The maximum atomic E-state index is 13.1. The number of hydrogen-bond donors (Lipinski definition) is 0. The highest BCUT2D eigenvalue weighted by Gasteiger charge is 2.31. The summed E-state index contributed by atoms with van der Waals surface area (Å²) >= 11 is 0. The fourth-order valence-corrected chi connectivity index (χ4v) is 5.96. The second-order valence-corrected chi connectivity index (χ2v) is 10.4. The van der Waals surface area contributed by atoms with Crippen molar-refractivity contribution in [2.75, 3.05) is 24.5 Å². The number of sulfonamides is 1. The molecule has 0 saturated carbocycles. The number of rotatable bonds is 6. The summed E-state index contributed by atoms with van der Waals surface area (Å²) < 4.78 is 51.8. The number of halogens is 1. The third-order valence-corrected chi connectivity index (χ3v) is 8.11. The average Bonchev–Trinajstić information content (AvgIpc) is 3.51. The molecule has 1 aromatic heterocycles. The number of carbonyl (C=O) groups excluding carboxylic acids is 1. The number of piperidine rings is 1. The quantitative estimate of drug-likeness (QED) is 0.519. The molecule has 1 fully saturated rings. The van der Waals surface area contributed by atoms with Crippen LogP contribution in [0.15, 0.2) is 63.9 Å². The molecule has 2 aliphatic rings. The lowest BCUT2D eigenvalue weighted by molar-refractivity contribution is 0.0958. The van der Waals surface area contributed by atoms with Gasteiger partial charge < -0.3 is 14.1 Å². The van der Waals surface area contributed by atoms with Gasteiger partial charge in [0.2, 0.25) is 10.0 Å². The van der Waals surface area contributed by atoms with Crippen LogP contribution in [0.3, 0.4) is 0 Å². The highest BCUT2D eigenvalue weighted by molar-refractivity contribution is 7.89. The fourth-order valence-electron chi connectivity index (χ4n) is 4.39. The topological polar surface area (TPSA) is 80.1 Å². The molecule has 0 spiro atoms. The summed E-state index contributed by atoms with van der Waals surface area (Å²) in [5.41, 5.74) is 1.53. The lowest BCUT2D eigenvalue weighted by Crippen LogP contribution is -2.35. The Morgan fingerprint density at radius 2 is 1.74 bits per heavy atom. The Balaban J connectivity index is 1.28. The third-order valence-electron chi connectivity index (χ3n) is 6.21. The van der Waals surface area contributed by atoms with Gasteiger partial charge in [-0.2, -0.15) is 4.31 Å². The minimum Gasteiger partial charge on any atom is -0.486 e. The molecular weight excluding hydrogens is 459 g/mol. The molecule has 178 valence electrons. The number of hydrogen-bond acceptors (Lipinski definition) is 5. The van der Waals surface area contributed by atoms with Gasteiger partial charge in [0.05, 0.1) is 4.90 Å². The van der Waals surface area contributed by atoms with Gasteiger partial charge in [-0.05, 0) is 79.4 Å². The Hall–Kier alpha value is -3.17. The van der Waals surface area contributed by atoms with E-state index in [1.165, 1.54) is 24.3 Å². The Labute approximate surface area is 197 Å². The Kier molecular flexibility index (Phi) is 6.14. The highest BCUT2D eigenvalue weighted by Crippen LogP contribution is 2.33. The second-order valence-electron chi connectivity index (χ2n) is 8.47. The normalized spacial score (nSPS) is 16.4. The first-order valence-electron chi connectivity index (χ1n) is 11.3. The van der Waals surface area contributed by atoms with Crippen molar-refractivity contribution in [3.05, 3.63) is 77.5 Å². The zero-order valence-corrected chi connectivity index (χ0v) is 19.4. The predicted molar refractivity (Wildman–Crippen MR) is 124 cm³/mol. The van der Waals surface area contributed by atoms with E-state index in [-0.39, 0.29) is 29.0 Å². The summed E-state index contributed by atoms with van der Waals surface area (Å²) in [6.45, 7) is 1.65. The van der Waals surface area contributed by atoms with Crippen LogP contribution in [-0.2, 0) is 23.1 Å². The highest BCUT2D eigenvalue weighted by atomic mass is 32.2. The van der Waals surface area contributed by atoms with Crippen molar-refractivity contribution >= 4 is 21.6 Å². The van der Waals surface area contributed by atoms with Crippen LogP contribution in [-0.4, -0.2) is 38.3 Å². The van der Waals surface area contributed by atoms with Crippen molar-refractivity contribution in [3.63, 3.8) is 0 Å². The Morgan fingerprint density at radius 1 is 0.971 bits per heavy atom. The number of furan rings is 1. The number of amides is 1. The zero-order chi connectivity index (χ0) is 23.7. The smallest absolute Gasteiger partial charge is 0.293 e. The lowest BCUT2D eigenvalue weighted by atomic mass is 10.2. The van der Waals surface area contributed by atoms with Gasteiger partial charge in [0.15, 0.2) is 5.76 Å². The van der Waals surface area contributed by atoms with Crippen LogP contribution in [0, 0.1) is 5.82 Å². The van der Waals surface area contributed by atoms with Gasteiger partial charge >= 0.3 is 0 Å². The summed E-state index contributed by atoms with van der Waals surface area (Å²) in [5.74, 6) is 0.499. The standard InChI is InChI=1S/C25H25FN2O5S/c26-19-4-6-20(7-5-19)32-17-21-8-11-24(33-21)25(29)28-15-12-18-16-22(9-10-23(18)28)34(30,31)27-13-2-1-3-14-27/h4-11,16H,1-3,12-15,17H2. The molecule has 34 heavy (non-hydrogen) atoms. The summed E-state index contributed by atoms with van der Waals surface area (Å²) in [6, 6.07) is 13.9. The first-order valence-corrected chi connectivity index (χ1v) is 12.8. The van der Waals surface area contributed by atoms with Crippen molar-refractivity contribution < 1.29 is 26.8 Å². The van der Waals surface area contributed by atoms with Crippen LogP contribution < -0.4 is 9.64 Å². The molecule has 0 atom stereocenters. The van der Waals surface area contributed by atoms with Gasteiger partial charge in [0.25, 0.3) is 5.91 Å². The van der Waals surface area contributed by atoms with Crippen LogP contribution in [0.2, 0.25) is 0 Å². The molecule has 3 heterocycles. The van der Waals surface area contributed by atoms with E-state index >= 15 is 0 Å². The number of anilines is 1. The van der Waals surface area contributed by atoms with E-state index in [1.807, 2.05) is 0 Å². The van der Waals surface area contributed by atoms with E-state index in [2.05, 4.69) is 0 Å². The first kappa shape index (κ1) is 22.6. The van der Waals surface area contributed by atoms with Crippen LogP contribution in [0.4, 0.5) is 10.1 Å². The predicted octanol–water partition coefficient (Wildman–Crippen LogP) is 4.38. The molecule has 0 aliphatic carbocycles. The van der Waals surface area contributed by atoms with E-state index in [0.29, 0.717) is 43.3 Å². The van der Waals surface area contributed by atoms with Gasteiger partial charge in [0.1, 0.15) is 23.9 Å². The number of ether oxygens (including phenoxy) is 1. The molecule has 5 rings (SSSR count). The van der Waals surface area contributed by atoms with Crippen LogP contribution >= 0.6 is 0 Å². The number of carbonyl (C=O) groups is 1. The van der Waals surface area contributed by atoms with E-state index in [9.17, 15) is 17.6 Å². The fraction of sp³-hybridized carbons (Fsp3) is 0.320. The number of nitrogens with zero attached hydrogens (tertiary/aromatic N) is 2. The molecule has 0 unspecified atom stereocenters. The lowest BCUT2D eigenvalue weighted by Gasteiger charge is -2.26. The summed E-state index contributed by atoms with van der Waals surface area (Å²) in [6.07, 6.45) is 3.39. The van der Waals surface area contributed by atoms with Crippen LogP contribution in [0.1, 0.15) is 41.1 Å². The second kappa shape index (κ2) is 9.23. The minimum atomic E-state index is -3.53. The van der Waals surface area contributed by atoms with Gasteiger partial charge in [-0.3, -0.25) is 4.79 Å². The molecule has 9 heteroatoms. The summed E-state index contributed by atoms with van der Waals surface area (Å²) in [5, 5.41) is 0. The van der Waals surface area contributed by atoms with E-state index in [0.717, 1.165) is 24.8 Å². The largest absolute Gasteiger partial charge is 0.486 e. The van der Waals surface area contributed by atoms with E-state index < -0.39 is 10.0 Å². The van der Waals surface area contributed by atoms with Crippen molar-refractivity contribution in [1.29, 1.82) is 0 Å². The van der Waals surface area contributed by atoms with Crippen molar-refractivity contribution in [3.8, 4) is 5.75 Å². The minimum absolute atomic E-state index is 0.104. The van der Waals surface area contributed by atoms with Gasteiger partial charge in [-0.15, -0.1) is 0 Å². The molecule has 0 bridgehead atoms. The van der Waals surface area contributed by atoms with Crippen molar-refractivity contribution in [1.82, 2.24) is 4.31 Å². The Bertz CT molecular complexity index is 1300. The molecule has 1 amide bonds. The molecule has 1 saturated heterocycles. The van der Waals surface area contributed by atoms with Crippen molar-refractivity contribution in [2.45, 2.75) is 37.2 Å². The first-order chi connectivity index (χ1) is 16.4. The van der Waals surface area contributed by atoms with Crippen LogP contribution in [0.25, 0.3) is 0 Å². The third kappa shape index (κ3) is 4.45. The van der Waals surface area contributed by atoms with E-state index in [1.54, 1.807) is 39.5 Å². The van der Waals surface area contributed by atoms with E-state index in [4.69, 9.17) is 9.15 Å². The Morgan fingerprint density at radius 3 is 2.50 bits per heavy atom. The molecule has 7 nitrogen and oxygen atoms in total. The average molecular weight is 485 g/mol. The number of fused-ring (bicyclic) bond motifs is 1. The molecular formula is C25H25FN2O5S. The molecule has 0 radical (unpaired) electrons. The van der Waals surface area contributed by atoms with Gasteiger partial charge in [0, 0.05) is 25.3 Å². The SMILES string of the molecule is O=C(c1ccc(COc2ccc(F)cc2)o1)N1CCc2cc(S(=O)(=O)N3CCCCC3)ccc21. The maximum Gasteiger partial charge on any atom is 0.293 e. The zero-order valence-electron chi connectivity index (χ0n) is 18.6. The molecule has 3 aromatic rings. The van der Waals surface area contributed by atoms with Crippen LogP contribution in [0.5, 0.6) is 5.75 Å². The molecule has 2 aromatic carbocycles.